The van der Waals surface area contributed by atoms with Crippen LogP contribution in [0.15, 0.2) is 60.4 Å². The standard InChI is InChI=1S/C29H29NO4/c1-4-20-9-11-21(12-10-20)15-26-27(31)24-16-23-17-30(18-33-28(23)19(2)29(24)34-26)14-13-22-7-5-6-8-25(22)32-3/h5-12,15-16H,4,13-14,17-18H2,1-3H3/b26-15-. The quantitative estimate of drug-likeness (QED) is 0.455. The molecule has 0 aromatic heterocycles. The average Bonchev–Trinajstić information content (AvgIpc) is 3.18. The Morgan fingerprint density at radius 3 is 2.65 bits per heavy atom. The third kappa shape index (κ3) is 4.19. The number of hydrogen-bond donors (Lipinski definition) is 0. The molecule has 5 rings (SSSR count). The van der Waals surface area contributed by atoms with Gasteiger partial charge in [0.05, 0.1) is 12.7 Å². The lowest BCUT2D eigenvalue weighted by atomic mass is 9.99. The molecule has 174 valence electrons. The molecule has 0 amide bonds. The van der Waals surface area contributed by atoms with Crippen LogP contribution in [0.25, 0.3) is 6.08 Å². The maximum absolute atomic E-state index is 13.2. The number of para-hydroxylation sites is 1. The minimum atomic E-state index is -0.0772. The second kappa shape index (κ2) is 9.35. The van der Waals surface area contributed by atoms with Crippen LogP contribution in [0.4, 0.5) is 0 Å². The minimum Gasteiger partial charge on any atom is -0.496 e. The van der Waals surface area contributed by atoms with Crippen molar-refractivity contribution in [3.8, 4) is 17.2 Å². The SMILES string of the molecule is CCc1ccc(/C=C2\Oc3c(cc4c(c3C)OCN(CCc3ccccc3OC)C4)C2=O)cc1. The van der Waals surface area contributed by atoms with Crippen molar-refractivity contribution in [1.29, 1.82) is 0 Å². The number of hydrogen-bond acceptors (Lipinski definition) is 5. The number of methoxy groups -OCH3 is 1. The fraction of sp³-hybridized carbons (Fsp3) is 0.276. The largest absolute Gasteiger partial charge is 0.496 e. The van der Waals surface area contributed by atoms with E-state index < -0.39 is 0 Å². The van der Waals surface area contributed by atoms with Gasteiger partial charge in [0.25, 0.3) is 0 Å². The summed E-state index contributed by atoms with van der Waals surface area (Å²) in [4.78, 5) is 15.4. The van der Waals surface area contributed by atoms with Crippen LogP contribution in [0, 0.1) is 6.92 Å². The summed E-state index contributed by atoms with van der Waals surface area (Å²) in [7, 11) is 1.70. The molecule has 0 radical (unpaired) electrons. The van der Waals surface area contributed by atoms with Gasteiger partial charge < -0.3 is 14.2 Å². The number of allylic oxidation sites excluding steroid dienone is 1. The van der Waals surface area contributed by atoms with E-state index >= 15 is 0 Å². The lowest BCUT2D eigenvalue weighted by Crippen LogP contribution is -2.34. The van der Waals surface area contributed by atoms with Crippen LogP contribution in [-0.2, 0) is 19.4 Å². The summed E-state index contributed by atoms with van der Waals surface area (Å²) >= 11 is 0. The zero-order valence-electron chi connectivity index (χ0n) is 19.9. The number of fused-ring (bicyclic) bond motifs is 2. The highest BCUT2D eigenvalue weighted by Crippen LogP contribution is 2.43. The molecule has 5 nitrogen and oxygen atoms in total. The summed E-state index contributed by atoms with van der Waals surface area (Å²) in [6, 6.07) is 18.2. The lowest BCUT2D eigenvalue weighted by molar-refractivity contribution is 0.0952. The number of Topliss-reactive ketones (excluding diaryl/α,β-unsaturated/α-hetero) is 1. The zero-order valence-corrected chi connectivity index (χ0v) is 19.9. The minimum absolute atomic E-state index is 0.0772. The first-order valence-corrected chi connectivity index (χ1v) is 11.7. The molecule has 3 aromatic carbocycles. The number of nitrogens with zero attached hydrogens (tertiary/aromatic N) is 1. The number of aryl methyl sites for hydroxylation is 1. The van der Waals surface area contributed by atoms with Gasteiger partial charge in [-0.25, -0.2) is 0 Å². The normalized spacial score (nSPS) is 16.1. The van der Waals surface area contributed by atoms with E-state index in [9.17, 15) is 4.79 Å². The molecule has 3 aromatic rings. The molecule has 2 aliphatic heterocycles. The fourth-order valence-corrected chi connectivity index (χ4v) is 4.63. The van der Waals surface area contributed by atoms with Crippen LogP contribution in [0.1, 0.15) is 45.1 Å². The number of carbonyl (C=O) groups excluding carboxylic acids is 1. The van der Waals surface area contributed by atoms with Crippen molar-refractivity contribution in [3.05, 3.63) is 93.7 Å². The Bertz CT molecular complexity index is 1260. The summed E-state index contributed by atoms with van der Waals surface area (Å²) in [6.45, 7) is 6.15. The van der Waals surface area contributed by atoms with Crippen molar-refractivity contribution in [1.82, 2.24) is 4.90 Å². The molecule has 0 N–H and O–H groups in total. The van der Waals surface area contributed by atoms with Gasteiger partial charge in [-0.3, -0.25) is 9.69 Å². The Hall–Kier alpha value is -3.57. The molecule has 0 saturated heterocycles. The predicted molar refractivity (Wildman–Crippen MR) is 133 cm³/mol. The van der Waals surface area contributed by atoms with Gasteiger partial charge in [0.1, 0.15) is 24.0 Å². The molecule has 0 fully saturated rings. The molecule has 5 heteroatoms. The summed E-state index contributed by atoms with van der Waals surface area (Å²) < 4.78 is 17.7. The van der Waals surface area contributed by atoms with Gasteiger partial charge in [-0.2, -0.15) is 0 Å². The third-order valence-corrected chi connectivity index (χ3v) is 6.58. The van der Waals surface area contributed by atoms with Crippen molar-refractivity contribution in [2.45, 2.75) is 33.2 Å². The molecule has 0 saturated carbocycles. The topological polar surface area (TPSA) is 48.0 Å². The molecule has 0 aliphatic carbocycles. The number of ether oxygens (including phenoxy) is 3. The van der Waals surface area contributed by atoms with Gasteiger partial charge in [0, 0.05) is 24.2 Å². The maximum Gasteiger partial charge on any atom is 0.231 e. The first-order valence-electron chi connectivity index (χ1n) is 11.7. The molecule has 0 spiro atoms. The van der Waals surface area contributed by atoms with Crippen LogP contribution in [-0.4, -0.2) is 31.1 Å². The van der Waals surface area contributed by atoms with Crippen LogP contribution in [0.3, 0.4) is 0 Å². The molecule has 0 unspecified atom stereocenters. The van der Waals surface area contributed by atoms with Crippen LogP contribution < -0.4 is 14.2 Å². The maximum atomic E-state index is 13.2. The van der Waals surface area contributed by atoms with E-state index in [1.807, 2.05) is 49.4 Å². The third-order valence-electron chi connectivity index (χ3n) is 6.58. The van der Waals surface area contributed by atoms with E-state index in [2.05, 4.69) is 30.0 Å². The number of rotatable bonds is 6. The first-order chi connectivity index (χ1) is 16.6. The van der Waals surface area contributed by atoms with E-state index in [4.69, 9.17) is 14.2 Å². The van der Waals surface area contributed by atoms with Crippen molar-refractivity contribution >= 4 is 11.9 Å². The molecule has 34 heavy (non-hydrogen) atoms. The Balaban J connectivity index is 1.34. The second-order valence-corrected chi connectivity index (χ2v) is 8.79. The number of ketones is 1. The Morgan fingerprint density at radius 1 is 1.09 bits per heavy atom. The van der Waals surface area contributed by atoms with E-state index in [1.54, 1.807) is 7.11 Å². The van der Waals surface area contributed by atoms with Gasteiger partial charge in [-0.15, -0.1) is 0 Å². The predicted octanol–water partition coefficient (Wildman–Crippen LogP) is 5.58. The Kier molecular flexibility index (Phi) is 6.12. The second-order valence-electron chi connectivity index (χ2n) is 8.79. The van der Waals surface area contributed by atoms with Crippen molar-refractivity contribution in [3.63, 3.8) is 0 Å². The van der Waals surface area contributed by atoms with Gasteiger partial charge in [-0.05, 0) is 54.7 Å². The summed E-state index contributed by atoms with van der Waals surface area (Å²) in [5, 5.41) is 0. The van der Waals surface area contributed by atoms with Crippen molar-refractivity contribution in [2.75, 3.05) is 20.4 Å². The summed E-state index contributed by atoms with van der Waals surface area (Å²) in [5.74, 6) is 2.63. The fourth-order valence-electron chi connectivity index (χ4n) is 4.63. The highest BCUT2D eigenvalue weighted by atomic mass is 16.5. The zero-order chi connectivity index (χ0) is 23.7. The lowest BCUT2D eigenvalue weighted by Gasteiger charge is -2.30. The number of carbonyl (C=O) groups is 1. The van der Waals surface area contributed by atoms with Crippen molar-refractivity contribution in [2.24, 2.45) is 0 Å². The first kappa shape index (κ1) is 22.2. The molecule has 2 heterocycles. The van der Waals surface area contributed by atoms with Crippen LogP contribution in [0.2, 0.25) is 0 Å². The van der Waals surface area contributed by atoms with Crippen LogP contribution >= 0.6 is 0 Å². The highest BCUT2D eigenvalue weighted by Gasteiger charge is 2.33. The molecule has 0 bridgehead atoms. The Morgan fingerprint density at radius 2 is 1.88 bits per heavy atom. The van der Waals surface area contributed by atoms with E-state index in [0.29, 0.717) is 23.8 Å². The smallest absolute Gasteiger partial charge is 0.231 e. The molecule has 2 aliphatic rings. The van der Waals surface area contributed by atoms with Gasteiger partial charge in [-0.1, -0.05) is 49.4 Å². The Labute approximate surface area is 200 Å². The molecular formula is C29H29NO4. The molecule has 0 atom stereocenters. The van der Waals surface area contributed by atoms with E-state index in [-0.39, 0.29) is 5.78 Å². The van der Waals surface area contributed by atoms with Crippen molar-refractivity contribution < 1.29 is 19.0 Å². The monoisotopic (exact) mass is 455 g/mol. The van der Waals surface area contributed by atoms with Gasteiger partial charge in [0.2, 0.25) is 5.78 Å². The van der Waals surface area contributed by atoms with Crippen LogP contribution in [0.5, 0.6) is 17.2 Å². The van der Waals surface area contributed by atoms with E-state index in [1.165, 1.54) is 11.1 Å². The van der Waals surface area contributed by atoms with Gasteiger partial charge >= 0.3 is 0 Å². The average molecular weight is 456 g/mol. The summed E-state index contributed by atoms with van der Waals surface area (Å²) in [6.07, 6.45) is 3.66. The summed E-state index contributed by atoms with van der Waals surface area (Å²) in [5.41, 5.74) is 5.91. The molecular weight excluding hydrogens is 426 g/mol. The number of benzene rings is 3. The highest BCUT2D eigenvalue weighted by molar-refractivity contribution is 6.15. The van der Waals surface area contributed by atoms with Gasteiger partial charge in [0.15, 0.2) is 5.76 Å². The van der Waals surface area contributed by atoms with E-state index in [0.717, 1.165) is 54.1 Å².